The minimum absolute atomic E-state index is 0.0889. The zero-order chi connectivity index (χ0) is 27.9. The van der Waals surface area contributed by atoms with Crippen molar-refractivity contribution in [2.45, 2.75) is 52.1 Å². The van der Waals surface area contributed by atoms with Crippen LogP contribution in [0.2, 0.25) is 0 Å². The number of carbonyl (C=O) groups excluding carboxylic acids is 2. The Morgan fingerprint density at radius 1 is 0.868 bits per heavy atom. The topological polar surface area (TPSA) is 86.8 Å². The fourth-order valence-electron chi connectivity index (χ4n) is 4.04. The number of rotatable bonds is 11. The zero-order valence-corrected chi connectivity index (χ0v) is 23.5. The summed E-state index contributed by atoms with van der Waals surface area (Å²) in [6.45, 7) is 9.55. The van der Waals surface area contributed by atoms with Gasteiger partial charge in [0.2, 0.25) is 11.8 Å². The summed E-state index contributed by atoms with van der Waals surface area (Å²) in [5.74, 6) is -0.506. The van der Waals surface area contributed by atoms with Gasteiger partial charge >= 0.3 is 0 Å². The minimum atomic E-state index is -4.08. The Morgan fingerprint density at radius 2 is 1.47 bits per heavy atom. The Hall–Kier alpha value is -3.65. The highest BCUT2D eigenvalue weighted by atomic mass is 32.2. The van der Waals surface area contributed by atoms with E-state index in [1.807, 2.05) is 70.2 Å². The SMILES string of the molecule is Cc1ccc(C)c(N(CC(=O)N(Cc2ccccc2)[C@H](C)C(=O)NCC(C)C)S(=O)(=O)c2ccccc2)c1. The Labute approximate surface area is 226 Å². The molecule has 8 heteroatoms. The Bertz CT molecular complexity index is 1340. The third-order valence-electron chi connectivity index (χ3n) is 6.29. The first-order valence-corrected chi connectivity index (χ1v) is 14.2. The van der Waals surface area contributed by atoms with Crippen molar-refractivity contribution < 1.29 is 18.0 Å². The highest BCUT2D eigenvalue weighted by Gasteiger charge is 2.33. The highest BCUT2D eigenvalue weighted by molar-refractivity contribution is 7.92. The fraction of sp³-hybridized carbons (Fsp3) is 0.333. The molecule has 0 spiro atoms. The van der Waals surface area contributed by atoms with E-state index >= 15 is 0 Å². The summed E-state index contributed by atoms with van der Waals surface area (Å²) in [5.41, 5.74) is 2.86. The average Bonchev–Trinajstić information content (AvgIpc) is 2.91. The van der Waals surface area contributed by atoms with Gasteiger partial charge in [0.15, 0.2) is 0 Å². The number of sulfonamides is 1. The van der Waals surface area contributed by atoms with Gasteiger partial charge < -0.3 is 10.2 Å². The largest absolute Gasteiger partial charge is 0.354 e. The van der Waals surface area contributed by atoms with Crippen molar-refractivity contribution in [2.24, 2.45) is 5.92 Å². The fourth-order valence-corrected chi connectivity index (χ4v) is 5.53. The number of hydrogen-bond donors (Lipinski definition) is 1. The molecule has 1 N–H and O–H groups in total. The van der Waals surface area contributed by atoms with Crippen LogP contribution in [0.4, 0.5) is 5.69 Å². The molecule has 1 atom stereocenters. The number of carbonyl (C=O) groups is 2. The number of nitrogens with one attached hydrogen (secondary N) is 1. The van der Waals surface area contributed by atoms with E-state index in [1.165, 1.54) is 17.0 Å². The van der Waals surface area contributed by atoms with Crippen molar-refractivity contribution in [3.8, 4) is 0 Å². The standard InChI is InChI=1S/C30H37N3O4S/c1-22(2)19-31-30(35)25(5)32(20-26-12-8-6-9-13-26)29(34)21-33(28-18-23(3)16-17-24(28)4)38(36,37)27-14-10-7-11-15-27/h6-18,22,25H,19-21H2,1-5H3,(H,31,35)/t25-/m1/s1. The first-order chi connectivity index (χ1) is 18.0. The number of anilines is 1. The Balaban J connectivity index is 2.03. The predicted octanol–water partition coefficient (Wildman–Crippen LogP) is 4.69. The van der Waals surface area contributed by atoms with Crippen molar-refractivity contribution in [3.63, 3.8) is 0 Å². The van der Waals surface area contributed by atoms with Gasteiger partial charge in [-0.3, -0.25) is 13.9 Å². The molecule has 0 bridgehead atoms. The summed E-state index contributed by atoms with van der Waals surface area (Å²) in [7, 11) is -4.08. The lowest BCUT2D eigenvalue weighted by molar-refractivity contribution is -0.139. The molecular weight excluding hydrogens is 498 g/mol. The van der Waals surface area contributed by atoms with Gasteiger partial charge in [-0.25, -0.2) is 8.42 Å². The van der Waals surface area contributed by atoms with Crippen molar-refractivity contribution in [2.75, 3.05) is 17.4 Å². The maximum absolute atomic E-state index is 13.9. The highest BCUT2D eigenvalue weighted by Crippen LogP contribution is 2.28. The maximum atomic E-state index is 13.9. The first-order valence-electron chi connectivity index (χ1n) is 12.8. The molecular formula is C30H37N3O4S. The number of nitrogens with zero attached hydrogens (tertiary/aromatic N) is 2. The monoisotopic (exact) mass is 535 g/mol. The quantitative estimate of drug-likeness (QED) is 0.386. The van der Waals surface area contributed by atoms with Crippen molar-refractivity contribution >= 4 is 27.5 Å². The van der Waals surface area contributed by atoms with Crippen LogP contribution in [0.5, 0.6) is 0 Å². The number of benzene rings is 3. The van der Waals surface area contributed by atoms with E-state index in [2.05, 4.69) is 5.32 Å². The second-order valence-corrected chi connectivity index (χ2v) is 11.8. The molecule has 0 saturated heterocycles. The lowest BCUT2D eigenvalue weighted by Gasteiger charge is -2.32. The predicted molar refractivity (Wildman–Crippen MR) is 151 cm³/mol. The van der Waals surface area contributed by atoms with Gasteiger partial charge in [0.05, 0.1) is 10.6 Å². The molecule has 0 aliphatic rings. The van der Waals surface area contributed by atoms with Gasteiger partial charge in [-0.15, -0.1) is 0 Å². The maximum Gasteiger partial charge on any atom is 0.264 e. The normalized spacial score (nSPS) is 12.2. The number of amides is 2. The van der Waals surface area contributed by atoms with Crippen molar-refractivity contribution in [3.05, 3.63) is 95.6 Å². The molecule has 0 aromatic heterocycles. The molecule has 0 fully saturated rings. The van der Waals surface area contributed by atoms with E-state index in [9.17, 15) is 18.0 Å². The van der Waals surface area contributed by atoms with E-state index < -0.39 is 28.5 Å². The van der Waals surface area contributed by atoms with Gasteiger partial charge in [-0.05, 0) is 61.6 Å². The second-order valence-electron chi connectivity index (χ2n) is 9.94. The van der Waals surface area contributed by atoms with Crippen LogP contribution < -0.4 is 9.62 Å². The lowest BCUT2D eigenvalue weighted by atomic mass is 10.1. The van der Waals surface area contributed by atoms with Crippen LogP contribution in [0, 0.1) is 19.8 Å². The molecule has 3 aromatic rings. The van der Waals surface area contributed by atoms with Gasteiger partial charge in [0, 0.05) is 13.1 Å². The van der Waals surface area contributed by atoms with E-state index in [-0.39, 0.29) is 23.3 Å². The van der Waals surface area contributed by atoms with Gasteiger partial charge in [0.25, 0.3) is 10.0 Å². The molecule has 2 amide bonds. The molecule has 202 valence electrons. The van der Waals surface area contributed by atoms with Gasteiger partial charge in [0.1, 0.15) is 12.6 Å². The molecule has 0 unspecified atom stereocenters. The van der Waals surface area contributed by atoms with E-state index in [4.69, 9.17) is 0 Å². The van der Waals surface area contributed by atoms with Crippen LogP contribution in [0.25, 0.3) is 0 Å². The lowest BCUT2D eigenvalue weighted by Crippen LogP contribution is -2.51. The van der Waals surface area contributed by atoms with E-state index in [1.54, 1.807) is 31.2 Å². The summed E-state index contributed by atoms with van der Waals surface area (Å²) in [5, 5.41) is 2.90. The molecule has 7 nitrogen and oxygen atoms in total. The molecule has 0 radical (unpaired) electrons. The second kappa shape index (κ2) is 12.7. The molecule has 0 saturated carbocycles. The van der Waals surface area contributed by atoms with Crippen LogP contribution in [0.15, 0.2) is 83.8 Å². The van der Waals surface area contributed by atoms with Crippen LogP contribution in [-0.4, -0.2) is 44.3 Å². The molecule has 0 heterocycles. The molecule has 3 rings (SSSR count). The summed E-state index contributed by atoms with van der Waals surface area (Å²) < 4.78 is 28.9. The third kappa shape index (κ3) is 7.22. The van der Waals surface area contributed by atoms with Crippen molar-refractivity contribution in [1.29, 1.82) is 0 Å². The summed E-state index contributed by atoms with van der Waals surface area (Å²) in [6.07, 6.45) is 0. The molecule has 0 aliphatic heterocycles. The third-order valence-corrected chi connectivity index (χ3v) is 8.06. The van der Waals surface area contributed by atoms with Crippen LogP contribution in [0.3, 0.4) is 0 Å². The van der Waals surface area contributed by atoms with Crippen LogP contribution in [-0.2, 0) is 26.2 Å². The van der Waals surface area contributed by atoms with E-state index in [0.717, 1.165) is 21.0 Å². The van der Waals surface area contributed by atoms with Crippen LogP contribution >= 0.6 is 0 Å². The minimum Gasteiger partial charge on any atom is -0.354 e. The van der Waals surface area contributed by atoms with Gasteiger partial charge in [-0.2, -0.15) is 0 Å². The van der Waals surface area contributed by atoms with Gasteiger partial charge in [-0.1, -0.05) is 74.5 Å². The van der Waals surface area contributed by atoms with E-state index in [0.29, 0.717) is 12.2 Å². The zero-order valence-electron chi connectivity index (χ0n) is 22.7. The number of hydrogen-bond acceptors (Lipinski definition) is 4. The molecule has 38 heavy (non-hydrogen) atoms. The Kier molecular flexibility index (Phi) is 9.69. The first kappa shape index (κ1) is 28.9. The average molecular weight is 536 g/mol. The smallest absolute Gasteiger partial charge is 0.264 e. The van der Waals surface area contributed by atoms with Crippen LogP contribution in [0.1, 0.15) is 37.5 Å². The Morgan fingerprint density at radius 3 is 2.08 bits per heavy atom. The van der Waals surface area contributed by atoms with Crippen molar-refractivity contribution in [1.82, 2.24) is 10.2 Å². The summed E-state index contributed by atoms with van der Waals surface area (Å²) in [4.78, 5) is 28.5. The summed E-state index contributed by atoms with van der Waals surface area (Å²) in [6, 6.07) is 22.1. The number of aryl methyl sites for hydroxylation is 2. The molecule has 3 aromatic carbocycles. The summed E-state index contributed by atoms with van der Waals surface area (Å²) >= 11 is 0. The molecule has 0 aliphatic carbocycles.